The molecule has 0 saturated heterocycles. The molecular weight excluding hydrogens is 252 g/mol. The van der Waals surface area contributed by atoms with E-state index in [1.54, 1.807) is 0 Å². The van der Waals surface area contributed by atoms with Gasteiger partial charge in [0, 0.05) is 11.4 Å². The Morgan fingerprint density at radius 1 is 1.26 bits per heavy atom. The van der Waals surface area contributed by atoms with E-state index in [9.17, 15) is 0 Å². The smallest absolute Gasteiger partial charge is 0.161 e. The van der Waals surface area contributed by atoms with Gasteiger partial charge < -0.3 is 5.32 Å². The Hall–Kier alpha value is -0.960. The molecule has 2 atom stereocenters. The number of nitrogens with one attached hydrogen (secondary N) is 1. The van der Waals surface area contributed by atoms with Crippen molar-refractivity contribution in [3.63, 3.8) is 0 Å². The Labute approximate surface area is 121 Å². The highest BCUT2D eigenvalue weighted by Crippen LogP contribution is 2.24. The van der Waals surface area contributed by atoms with Gasteiger partial charge in [-0.05, 0) is 43.4 Å². The van der Waals surface area contributed by atoms with E-state index in [4.69, 9.17) is 4.99 Å². The second-order valence-corrected chi connectivity index (χ2v) is 6.40. The summed E-state index contributed by atoms with van der Waals surface area (Å²) in [5.41, 5.74) is 2.57. The topological polar surface area (TPSA) is 24.4 Å². The maximum absolute atomic E-state index is 4.70. The highest BCUT2D eigenvalue weighted by Gasteiger charge is 2.19. The molecule has 3 heteroatoms. The van der Waals surface area contributed by atoms with Gasteiger partial charge in [-0.2, -0.15) is 0 Å². The molecular formula is C16H24N2S. The first-order valence-corrected chi connectivity index (χ1v) is 8.24. The van der Waals surface area contributed by atoms with Crippen molar-refractivity contribution in [2.45, 2.75) is 46.1 Å². The van der Waals surface area contributed by atoms with Crippen molar-refractivity contribution in [3.8, 4) is 0 Å². The van der Waals surface area contributed by atoms with Crippen molar-refractivity contribution in [3.05, 3.63) is 29.8 Å². The molecule has 0 fully saturated rings. The first-order chi connectivity index (χ1) is 9.19. The fraction of sp³-hybridized carbons (Fsp3) is 0.562. The summed E-state index contributed by atoms with van der Waals surface area (Å²) in [6.45, 7) is 6.69. The predicted octanol–water partition coefficient (Wildman–Crippen LogP) is 4.57. The van der Waals surface area contributed by atoms with Gasteiger partial charge in [-0.15, -0.1) is 0 Å². The number of benzene rings is 1. The molecule has 1 aromatic carbocycles. The normalized spacial score (nSPS) is 23.0. The van der Waals surface area contributed by atoms with Crippen molar-refractivity contribution < 1.29 is 0 Å². The average Bonchev–Trinajstić information content (AvgIpc) is 2.42. The standard InChI is InChI=1S/C16H24N2S/c1-4-5-6-14-7-9-15(10-8-14)18-16-17-13(3)12(2)11-19-16/h7-10,12-13H,4-6,11H2,1-3H3,(H,17,18). The van der Waals surface area contributed by atoms with Crippen LogP contribution < -0.4 is 5.32 Å². The Morgan fingerprint density at radius 2 is 2.00 bits per heavy atom. The van der Waals surface area contributed by atoms with Crippen LogP contribution >= 0.6 is 11.8 Å². The Morgan fingerprint density at radius 3 is 2.63 bits per heavy atom. The molecule has 0 saturated carbocycles. The van der Waals surface area contributed by atoms with Gasteiger partial charge in [0.1, 0.15) is 0 Å². The van der Waals surface area contributed by atoms with Crippen LogP contribution in [0.4, 0.5) is 5.69 Å². The molecule has 2 nitrogen and oxygen atoms in total. The number of anilines is 1. The number of unbranched alkanes of at least 4 members (excludes halogenated alkanes) is 1. The zero-order valence-corrected chi connectivity index (χ0v) is 13.0. The van der Waals surface area contributed by atoms with Crippen LogP contribution in [0.3, 0.4) is 0 Å². The molecule has 1 aliphatic rings. The third-order valence-corrected chi connectivity index (χ3v) is 4.82. The van der Waals surface area contributed by atoms with Crippen LogP contribution in [-0.4, -0.2) is 17.0 Å². The Bertz CT molecular complexity index is 425. The minimum atomic E-state index is 0.424. The molecule has 19 heavy (non-hydrogen) atoms. The van der Waals surface area contributed by atoms with E-state index in [-0.39, 0.29) is 0 Å². The van der Waals surface area contributed by atoms with Crippen LogP contribution in [-0.2, 0) is 6.42 Å². The maximum atomic E-state index is 4.70. The molecule has 2 unspecified atom stereocenters. The Kier molecular flexibility index (Phi) is 5.32. The van der Waals surface area contributed by atoms with Gasteiger partial charge in [0.2, 0.25) is 0 Å². The van der Waals surface area contributed by atoms with Gasteiger partial charge in [-0.3, -0.25) is 4.99 Å². The number of nitrogens with zero attached hydrogens (tertiary/aromatic N) is 1. The summed E-state index contributed by atoms with van der Waals surface area (Å²) in [6, 6.07) is 9.19. The number of thioether (sulfide) groups is 1. The first-order valence-electron chi connectivity index (χ1n) is 7.25. The lowest BCUT2D eigenvalue weighted by atomic mass is 10.1. The minimum absolute atomic E-state index is 0.424. The second kappa shape index (κ2) is 6.99. The number of hydrogen-bond acceptors (Lipinski definition) is 3. The zero-order chi connectivity index (χ0) is 13.7. The number of aryl methyl sites for hydroxylation is 1. The van der Waals surface area contributed by atoms with E-state index >= 15 is 0 Å². The highest BCUT2D eigenvalue weighted by molar-refractivity contribution is 8.14. The third kappa shape index (κ3) is 4.27. The maximum Gasteiger partial charge on any atom is 0.161 e. The van der Waals surface area contributed by atoms with E-state index in [0.717, 1.165) is 16.6 Å². The molecule has 0 radical (unpaired) electrons. The van der Waals surface area contributed by atoms with Crippen LogP contribution in [0.2, 0.25) is 0 Å². The summed E-state index contributed by atoms with van der Waals surface area (Å²) < 4.78 is 0. The molecule has 1 N–H and O–H groups in total. The van der Waals surface area contributed by atoms with Gasteiger partial charge in [-0.25, -0.2) is 0 Å². The predicted molar refractivity (Wildman–Crippen MR) is 87.2 cm³/mol. The molecule has 0 amide bonds. The summed E-state index contributed by atoms with van der Waals surface area (Å²) in [7, 11) is 0. The molecule has 0 bridgehead atoms. The van der Waals surface area contributed by atoms with Gasteiger partial charge in [0.25, 0.3) is 0 Å². The zero-order valence-electron chi connectivity index (χ0n) is 12.1. The van der Waals surface area contributed by atoms with Crippen LogP contribution in [0.1, 0.15) is 39.2 Å². The van der Waals surface area contributed by atoms with E-state index in [2.05, 4.69) is 50.4 Å². The average molecular weight is 276 g/mol. The van der Waals surface area contributed by atoms with E-state index in [1.165, 1.54) is 24.8 Å². The number of hydrogen-bond donors (Lipinski definition) is 1. The lowest BCUT2D eigenvalue weighted by Crippen LogP contribution is -2.25. The molecule has 1 aromatic rings. The van der Waals surface area contributed by atoms with Crippen molar-refractivity contribution in [1.29, 1.82) is 0 Å². The van der Waals surface area contributed by atoms with E-state index in [1.807, 2.05) is 11.8 Å². The summed E-state index contributed by atoms with van der Waals surface area (Å²) >= 11 is 1.83. The summed E-state index contributed by atoms with van der Waals surface area (Å²) in [6.07, 6.45) is 3.70. The van der Waals surface area contributed by atoms with Crippen molar-refractivity contribution in [1.82, 2.24) is 0 Å². The second-order valence-electron chi connectivity index (χ2n) is 5.39. The summed E-state index contributed by atoms with van der Waals surface area (Å²) in [4.78, 5) is 4.70. The lowest BCUT2D eigenvalue weighted by molar-refractivity contribution is 0.537. The monoisotopic (exact) mass is 276 g/mol. The summed E-state index contributed by atoms with van der Waals surface area (Å²) in [5.74, 6) is 1.83. The van der Waals surface area contributed by atoms with E-state index in [0.29, 0.717) is 12.0 Å². The van der Waals surface area contributed by atoms with Crippen LogP contribution in [0.25, 0.3) is 0 Å². The molecule has 2 rings (SSSR count). The third-order valence-electron chi connectivity index (χ3n) is 3.65. The number of rotatable bonds is 4. The van der Waals surface area contributed by atoms with Crippen molar-refractivity contribution in [2.24, 2.45) is 10.9 Å². The number of aliphatic imine (C=N–C) groups is 1. The first kappa shape index (κ1) is 14.4. The molecule has 1 aliphatic heterocycles. The van der Waals surface area contributed by atoms with Gasteiger partial charge in [0.15, 0.2) is 5.17 Å². The fourth-order valence-corrected chi connectivity index (χ4v) is 3.16. The molecule has 0 spiro atoms. The lowest BCUT2D eigenvalue weighted by Gasteiger charge is -2.23. The largest absolute Gasteiger partial charge is 0.335 e. The van der Waals surface area contributed by atoms with Crippen molar-refractivity contribution >= 4 is 22.6 Å². The highest BCUT2D eigenvalue weighted by atomic mass is 32.2. The van der Waals surface area contributed by atoms with Crippen LogP contribution in [0, 0.1) is 5.92 Å². The molecule has 104 valence electrons. The SMILES string of the molecule is CCCCc1ccc(NC2=NC(C)C(C)CS2)cc1. The van der Waals surface area contributed by atoms with E-state index < -0.39 is 0 Å². The van der Waals surface area contributed by atoms with Gasteiger partial charge in [-0.1, -0.05) is 44.2 Å². The molecule has 0 aromatic heterocycles. The van der Waals surface area contributed by atoms with Crippen LogP contribution in [0.5, 0.6) is 0 Å². The fourth-order valence-electron chi connectivity index (χ4n) is 2.03. The summed E-state index contributed by atoms with van der Waals surface area (Å²) in [5, 5.41) is 4.49. The molecule has 0 aliphatic carbocycles. The Balaban J connectivity index is 1.94. The number of amidine groups is 1. The van der Waals surface area contributed by atoms with Gasteiger partial charge >= 0.3 is 0 Å². The minimum Gasteiger partial charge on any atom is -0.335 e. The molecule has 1 heterocycles. The van der Waals surface area contributed by atoms with Crippen molar-refractivity contribution in [2.75, 3.05) is 11.1 Å². The van der Waals surface area contributed by atoms with Gasteiger partial charge in [0.05, 0.1) is 6.04 Å². The quantitative estimate of drug-likeness (QED) is 0.871. The van der Waals surface area contributed by atoms with Crippen LogP contribution in [0.15, 0.2) is 29.3 Å².